The first-order valence-corrected chi connectivity index (χ1v) is 13.3. The van der Waals surface area contributed by atoms with Crippen molar-refractivity contribution >= 4 is 0 Å². The van der Waals surface area contributed by atoms with Crippen molar-refractivity contribution < 1.29 is 0 Å². The van der Waals surface area contributed by atoms with Gasteiger partial charge in [0.2, 0.25) is 0 Å². The standard InChI is InChI=1S/C29H48.C3H6/c1-9-13-15-17-28-27(20-25(12-4)16-14-10-2)21-26(19-18-22(5)6)29(28)24(8)23(7)11-3;1-3-2/h9,13,15,21-23,25,28H,1,8,10-12,14,16-20H2,2-7H3;3H,1H2,2H3/b15-13+;. The summed E-state index contributed by atoms with van der Waals surface area (Å²) in [6.45, 7) is 27.7. The van der Waals surface area contributed by atoms with Crippen molar-refractivity contribution in [2.45, 2.75) is 106 Å². The van der Waals surface area contributed by atoms with E-state index in [1.807, 2.05) is 13.0 Å². The van der Waals surface area contributed by atoms with Crippen LogP contribution in [0.15, 0.2) is 72.4 Å². The summed E-state index contributed by atoms with van der Waals surface area (Å²) in [5, 5.41) is 0. The molecule has 0 heterocycles. The second-order valence-corrected chi connectivity index (χ2v) is 9.91. The molecule has 182 valence electrons. The molecule has 3 atom stereocenters. The second-order valence-electron chi connectivity index (χ2n) is 9.91. The molecule has 0 aliphatic heterocycles. The largest absolute Gasteiger partial charge is 0.103 e. The van der Waals surface area contributed by atoms with Crippen molar-refractivity contribution in [1.29, 1.82) is 0 Å². The van der Waals surface area contributed by atoms with Crippen molar-refractivity contribution in [3.8, 4) is 0 Å². The monoisotopic (exact) mass is 438 g/mol. The van der Waals surface area contributed by atoms with E-state index in [9.17, 15) is 0 Å². The van der Waals surface area contributed by atoms with Gasteiger partial charge in [-0.25, -0.2) is 0 Å². The molecule has 0 aromatic rings. The van der Waals surface area contributed by atoms with E-state index in [2.05, 4.69) is 79.5 Å². The van der Waals surface area contributed by atoms with E-state index in [-0.39, 0.29) is 0 Å². The van der Waals surface area contributed by atoms with E-state index in [1.165, 1.54) is 56.9 Å². The van der Waals surface area contributed by atoms with Crippen LogP contribution in [0, 0.1) is 23.7 Å². The van der Waals surface area contributed by atoms with Crippen LogP contribution in [0.5, 0.6) is 0 Å². The molecule has 0 bridgehead atoms. The summed E-state index contributed by atoms with van der Waals surface area (Å²) in [6, 6.07) is 0. The zero-order valence-corrected chi connectivity index (χ0v) is 22.7. The van der Waals surface area contributed by atoms with Gasteiger partial charge in [0.05, 0.1) is 0 Å². The molecule has 0 radical (unpaired) electrons. The molecule has 1 aliphatic carbocycles. The van der Waals surface area contributed by atoms with Crippen LogP contribution < -0.4 is 0 Å². The number of unbranched alkanes of at least 4 members (excludes halogenated alkanes) is 1. The second kappa shape index (κ2) is 17.9. The van der Waals surface area contributed by atoms with Gasteiger partial charge in [-0.15, -0.1) is 6.58 Å². The normalized spacial score (nSPS) is 17.8. The molecule has 32 heavy (non-hydrogen) atoms. The zero-order chi connectivity index (χ0) is 24.5. The van der Waals surface area contributed by atoms with Gasteiger partial charge in [0.1, 0.15) is 0 Å². The van der Waals surface area contributed by atoms with Crippen molar-refractivity contribution in [1.82, 2.24) is 0 Å². The highest BCUT2D eigenvalue weighted by Crippen LogP contribution is 2.45. The molecule has 1 aliphatic rings. The summed E-state index contributed by atoms with van der Waals surface area (Å²) in [5.74, 6) is 2.63. The lowest BCUT2D eigenvalue weighted by molar-refractivity contribution is 0.434. The van der Waals surface area contributed by atoms with Crippen LogP contribution in [-0.4, -0.2) is 0 Å². The zero-order valence-electron chi connectivity index (χ0n) is 22.7. The van der Waals surface area contributed by atoms with Gasteiger partial charge in [-0.1, -0.05) is 116 Å². The Morgan fingerprint density at radius 3 is 2.22 bits per heavy atom. The minimum Gasteiger partial charge on any atom is -0.103 e. The summed E-state index contributed by atoms with van der Waals surface area (Å²) in [5.41, 5.74) is 6.21. The van der Waals surface area contributed by atoms with Gasteiger partial charge >= 0.3 is 0 Å². The maximum Gasteiger partial charge on any atom is 0.00914 e. The average molecular weight is 439 g/mol. The SMILES string of the molecule is C=C/C=C/CC1C(CC(CC)CCCC)=CC(CCC(C)C)=C1C(=C)C(C)CC.C=CC. The van der Waals surface area contributed by atoms with Crippen molar-refractivity contribution in [2.24, 2.45) is 23.7 Å². The van der Waals surface area contributed by atoms with Crippen LogP contribution in [-0.2, 0) is 0 Å². The Morgan fingerprint density at radius 2 is 1.72 bits per heavy atom. The first-order chi connectivity index (χ1) is 15.3. The van der Waals surface area contributed by atoms with E-state index >= 15 is 0 Å². The molecule has 0 N–H and O–H groups in total. The van der Waals surface area contributed by atoms with Gasteiger partial charge in [-0.2, -0.15) is 0 Å². The molecule has 0 aromatic heterocycles. The molecular formula is C32H54. The Bertz CT molecular complexity index is 637. The minimum absolute atomic E-state index is 0.519. The van der Waals surface area contributed by atoms with Gasteiger partial charge in [-0.3, -0.25) is 0 Å². The van der Waals surface area contributed by atoms with Gasteiger partial charge in [-0.05, 0) is 73.5 Å². The maximum absolute atomic E-state index is 4.61. The van der Waals surface area contributed by atoms with Crippen molar-refractivity contribution in [3.63, 3.8) is 0 Å². The van der Waals surface area contributed by atoms with Crippen LogP contribution in [0.2, 0.25) is 0 Å². The molecule has 3 unspecified atom stereocenters. The van der Waals surface area contributed by atoms with E-state index in [4.69, 9.17) is 0 Å². The third-order valence-corrected chi connectivity index (χ3v) is 6.76. The minimum atomic E-state index is 0.519. The molecule has 0 nitrogen and oxygen atoms in total. The molecule has 0 fully saturated rings. The molecule has 0 spiro atoms. The van der Waals surface area contributed by atoms with Gasteiger partial charge in [0.15, 0.2) is 0 Å². The molecule has 0 heteroatoms. The fourth-order valence-corrected chi connectivity index (χ4v) is 4.46. The van der Waals surface area contributed by atoms with E-state index in [1.54, 1.807) is 22.8 Å². The van der Waals surface area contributed by atoms with E-state index in [0.717, 1.165) is 18.3 Å². The Hall–Kier alpha value is -1.56. The van der Waals surface area contributed by atoms with Crippen molar-refractivity contribution in [2.75, 3.05) is 0 Å². The van der Waals surface area contributed by atoms with E-state index < -0.39 is 0 Å². The predicted molar refractivity (Wildman–Crippen MR) is 149 cm³/mol. The summed E-state index contributed by atoms with van der Waals surface area (Å²) in [6.07, 6.45) is 21.9. The van der Waals surface area contributed by atoms with Crippen LogP contribution in [0.25, 0.3) is 0 Å². The summed E-state index contributed by atoms with van der Waals surface area (Å²) >= 11 is 0. The molecule has 0 saturated carbocycles. The Morgan fingerprint density at radius 1 is 1.06 bits per heavy atom. The molecule has 0 amide bonds. The lowest BCUT2D eigenvalue weighted by Crippen LogP contribution is -2.13. The average Bonchev–Trinajstić information content (AvgIpc) is 3.11. The smallest absolute Gasteiger partial charge is 0.00914 e. The number of hydrogen-bond acceptors (Lipinski definition) is 0. The summed E-state index contributed by atoms with van der Waals surface area (Å²) < 4.78 is 0. The topological polar surface area (TPSA) is 0 Å². The fraction of sp³-hybridized carbons (Fsp3) is 0.625. The first-order valence-electron chi connectivity index (χ1n) is 13.3. The molecular weight excluding hydrogens is 384 g/mol. The third kappa shape index (κ3) is 10.8. The number of hydrogen-bond donors (Lipinski definition) is 0. The maximum atomic E-state index is 4.61. The lowest BCUT2D eigenvalue weighted by atomic mass is 9.79. The first kappa shape index (κ1) is 30.4. The van der Waals surface area contributed by atoms with Gasteiger partial charge in [0, 0.05) is 5.92 Å². The Labute approximate surface area is 202 Å². The Kier molecular flexibility index (Phi) is 17.1. The van der Waals surface area contributed by atoms with Crippen LogP contribution in [0.1, 0.15) is 106 Å². The van der Waals surface area contributed by atoms with Gasteiger partial charge in [0.25, 0.3) is 0 Å². The molecule has 1 rings (SSSR count). The Balaban J connectivity index is 0.00000302. The third-order valence-electron chi connectivity index (χ3n) is 6.76. The quantitative estimate of drug-likeness (QED) is 0.176. The van der Waals surface area contributed by atoms with Crippen LogP contribution in [0.4, 0.5) is 0 Å². The highest BCUT2D eigenvalue weighted by atomic mass is 14.3. The highest BCUT2D eigenvalue weighted by molar-refractivity contribution is 5.52. The van der Waals surface area contributed by atoms with Gasteiger partial charge < -0.3 is 0 Å². The highest BCUT2D eigenvalue weighted by Gasteiger charge is 2.30. The lowest BCUT2D eigenvalue weighted by Gasteiger charge is -2.26. The molecule has 0 aromatic carbocycles. The van der Waals surface area contributed by atoms with E-state index in [0.29, 0.717) is 11.8 Å². The summed E-state index contributed by atoms with van der Waals surface area (Å²) in [4.78, 5) is 0. The number of allylic oxidation sites excluding steroid dienone is 9. The fourth-order valence-electron chi connectivity index (χ4n) is 4.46. The number of rotatable bonds is 15. The van der Waals surface area contributed by atoms with Crippen molar-refractivity contribution in [3.05, 3.63) is 72.4 Å². The van der Waals surface area contributed by atoms with Crippen LogP contribution in [0.3, 0.4) is 0 Å². The molecule has 0 saturated heterocycles. The van der Waals surface area contributed by atoms with Crippen LogP contribution >= 0.6 is 0 Å². The predicted octanol–water partition coefficient (Wildman–Crippen LogP) is 10.8. The summed E-state index contributed by atoms with van der Waals surface area (Å²) in [7, 11) is 0.